The predicted octanol–water partition coefficient (Wildman–Crippen LogP) is 2.90. The van der Waals surface area contributed by atoms with E-state index in [0.717, 1.165) is 22.3 Å². The Kier molecular flexibility index (Phi) is 5.68. The van der Waals surface area contributed by atoms with Crippen LogP contribution in [0.5, 0.6) is 5.75 Å². The smallest absolute Gasteiger partial charge is 0.155 e. The van der Waals surface area contributed by atoms with Gasteiger partial charge in [-0.1, -0.05) is 15.9 Å². The summed E-state index contributed by atoms with van der Waals surface area (Å²) in [5.74, 6) is 0.807. The summed E-state index contributed by atoms with van der Waals surface area (Å²) < 4.78 is 30.3. The fourth-order valence-electron chi connectivity index (χ4n) is 1.87. The van der Waals surface area contributed by atoms with Gasteiger partial charge in [-0.25, -0.2) is 8.42 Å². The van der Waals surface area contributed by atoms with Crippen LogP contribution in [0.25, 0.3) is 0 Å². The van der Waals surface area contributed by atoms with Gasteiger partial charge in [0.25, 0.3) is 0 Å². The van der Waals surface area contributed by atoms with Gasteiger partial charge in [0.2, 0.25) is 0 Å². The highest BCUT2D eigenvalue weighted by atomic mass is 79.9. The number of hydrogen-bond donors (Lipinski definition) is 1. The molecule has 2 rings (SSSR count). The molecule has 0 unspecified atom stereocenters. The van der Waals surface area contributed by atoms with Crippen LogP contribution in [-0.2, 0) is 16.4 Å². The summed E-state index contributed by atoms with van der Waals surface area (Å²) in [5, 5.41) is 3.09. The van der Waals surface area contributed by atoms with Crippen molar-refractivity contribution in [1.29, 1.82) is 0 Å². The van der Waals surface area contributed by atoms with Gasteiger partial charge < -0.3 is 10.1 Å². The Morgan fingerprint density at radius 1 is 1.38 bits per heavy atom. The van der Waals surface area contributed by atoms with Crippen LogP contribution in [-0.4, -0.2) is 32.1 Å². The number of ether oxygens (including phenoxy) is 1. The van der Waals surface area contributed by atoms with E-state index in [1.165, 1.54) is 12.8 Å². The first-order valence-electron chi connectivity index (χ1n) is 7.24. The molecule has 0 amide bonds. The van der Waals surface area contributed by atoms with Crippen molar-refractivity contribution in [3.05, 3.63) is 28.2 Å². The van der Waals surface area contributed by atoms with Gasteiger partial charge in [0.05, 0.1) is 11.0 Å². The van der Waals surface area contributed by atoms with Crippen LogP contribution in [0.4, 0.5) is 0 Å². The summed E-state index contributed by atoms with van der Waals surface area (Å²) in [6.07, 6.45) is 2.47. The fourth-order valence-corrected chi connectivity index (χ4v) is 3.07. The van der Waals surface area contributed by atoms with Crippen molar-refractivity contribution in [2.75, 3.05) is 12.4 Å². The largest absolute Gasteiger partial charge is 0.492 e. The third kappa shape index (κ3) is 5.27. The minimum Gasteiger partial charge on any atom is -0.492 e. The molecule has 1 aliphatic carbocycles. The van der Waals surface area contributed by atoms with Crippen molar-refractivity contribution >= 4 is 25.8 Å². The molecule has 0 radical (unpaired) electrons. The van der Waals surface area contributed by atoms with E-state index in [0.29, 0.717) is 6.04 Å². The Balaban J connectivity index is 1.95. The highest BCUT2D eigenvalue weighted by Crippen LogP contribution is 2.25. The lowest BCUT2D eigenvalue weighted by Crippen LogP contribution is -2.22. The van der Waals surface area contributed by atoms with Gasteiger partial charge in [-0.2, -0.15) is 0 Å². The molecular formula is C15H22BrNO3S. The van der Waals surface area contributed by atoms with E-state index < -0.39 is 9.84 Å². The second kappa shape index (κ2) is 7.11. The molecule has 1 aliphatic rings. The minimum absolute atomic E-state index is 0.0518. The van der Waals surface area contributed by atoms with Crippen LogP contribution in [0.2, 0.25) is 0 Å². The molecule has 21 heavy (non-hydrogen) atoms. The van der Waals surface area contributed by atoms with E-state index >= 15 is 0 Å². The van der Waals surface area contributed by atoms with Crippen LogP contribution in [0, 0.1) is 0 Å². The zero-order chi connectivity index (χ0) is 15.5. The Bertz CT molecular complexity index is 583. The van der Waals surface area contributed by atoms with E-state index in [9.17, 15) is 8.42 Å². The van der Waals surface area contributed by atoms with Gasteiger partial charge in [-0.05, 0) is 44.9 Å². The molecule has 0 saturated heterocycles. The van der Waals surface area contributed by atoms with Crippen LogP contribution in [0.3, 0.4) is 0 Å². The van der Waals surface area contributed by atoms with Crippen molar-refractivity contribution in [3.63, 3.8) is 0 Å². The van der Waals surface area contributed by atoms with Crippen molar-refractivity contribution in [1.82, 2.24) is 5.32 Å². The maximum absolute atomic E-state index is 11.8. The van der Waals surface area contributed by atoms with Gasteiger partial charge >= 0.3 is 0 Å². The van der Waals surface area contributed by atoms with E-state index in [1.54, 1.807) is 13.8 Å². The number of halogens is 1. The molecule has 1 fully saturated rings. The van der Waals surface area contributed by atoms with Crippen molar-refractivity contribution in [3.8, 4) is 5.75 Å². The molecule has 0 heterocycles. The highest BCUT2D eigenvalue weighted by molar-refractivity contribution is 9.10. The van der Waals surface area contributed by atoms with Crippen LogP contribution < -0.4 is 10.1 Å². The number of rotatable bonds is 8. The third-order valence-corrected chi connectivity index (χ3v) is 6.19. The Labute approximate surface area is 135 Å². The van der Waals surface area contributed by atoms with Gasteiger partial charge in [0.1, 0.15) is 12.4 Å². The monoisotopic (exact) mass is 375 g/mol. The Hall–Kier alpha value is -0.590. The van der Waals surface area contributed by atoms with Crippen LogP contribution in [0.15, 0.2) is 22.7 Å². The fraction of sp³-hybridized carbons (Fsp3) is 0.600. The molecule has 4 nitrogen and oxygen atoms in total. The first-order valence-corrected chi connectivity index (χ1v) is 9.75. The molecule has 118 valence electrons. The number of hydrogen-bond acceptors (Lipinski definition) is 4. The van der Waals surface area contributed by atoms with Gasteiger partial charge in [-0.3, -0.25) is 0 Å². The van der Waals surface area contributed by atoms with Crippen LogP contribution >= 0.6 is 15.9 Å². The number of nitrogens with one attached hydrogen (secondary N) is 1. The summed E-state index contributed by atoms with van der Waals surface area (Å²) in [6, 6.07) is 6.43. The molecule has 0 spiro atoms. The van der Waals surface area contributed by atoms with Gasteiger partial charge in [0, 0.05) is 22.6 Å². The Morgan fingerprint density at radius 3 is 2.71 bits per heavy atom. The van der Waals surface area contributed by atoms with Gasteiger partial charge in [-0.15, -0.1) is 0 Å². The predicted molar refractivity (Wildman–Crippen MR) is 88.4 cm³/mol. The lowest BCUT2D eigenvalue weighted by atomic mass is 10.2. The quantitative estimate of drug-likeness (QED) is 0.758. The standard InChI is InChI=1S/C15H22BrNO3S/c1-11(2)21(18,19)8-7-20-15-6-3-13(16)9-12(15)10-17-14-4-5-14/h3,6,9,11,14,17H,4-5,7-8,10H2,1-2H3. The normalized spacial score (nSPS) is 15.4. The Morgan fingerprint density at radius 2 is 2.10 bits per heavy atom. The maximum Gasteiger partial charge on any atom is 0.155 e. The lowest BCUT2D eigenvalue weighted by molar-refractivity contribution is 0.335. The molecule has 0 aliphatic heterocycles. The number of sulfone groups is 1. The topological polar surface area (TPSA) is 55.4 Å². The second-order valence-corrected chi connectivity index (χ2v) is 9.26. The zero-order valence-corrected chi connectivity index (χ0v) is 14.8. The molecule has 1 aromatic carbocycles. The van der Waals surface area contributed by atoms with Crippen molar-refractivity contribution in [2.24, 2.45) is 0 Å². The molecule has 0 atom stereocenters. The summed E-state index contributed by atoms with van der Waals surface area (Å²) >= 11 is 3.46. The molecule has 1 saturated carbocycles. The maximum atomic E-state index is 11.8. The molecule has 0 aromatic heterocycles. The summed E-state index contributed by atoms with van der Waals surface area (Å²) in [5.41, 5.74) is 1.05. The highest BCUT2D eigenvalue weighted by Gasteiger charge is 2.21. The van der Waals surface area contributed by atoms with E-state index in [-0.39, 0.29) is 17.6 Å². The zero-order valence-electron chi connectivity index (χ0n) is 12.4. The lowest BCUT2D eigenvalue weighted by Gasteiger charge is -2.13. The molecular weight excluding hydrogens is 354 g/mol. The first-order chi connectivity index (χ1) is 9.88. The van der Waals surface area contributed by atoms with Crippen LogP contribution in [0.1, 0.15) is 32.3 Å². The summed E-state index contributed by atoms with van der Waals surface area (Å²) in [6.45, 7) is 4.33. The third-order valence-electron chi connectivity index (χ3n) is 3.52. The molecule has 1 aromatic rings. The average Bonchev–Trinajstić information content (AvgIpc) is 3.22. The average molecular weight is 376 g/mol. The SMILES string of the molecule is CC(C)S(=O)(=O)CCOc1ccc(Br)cc1CNC1CC1. The number of benzene rings is 1. The van der Waals surface area contributed by atoms with Crippen molar-refractivity contribution in [2.45, 2.75) is 44.5 Å². The first kappa shape index (κ1) is 16.8. The van der Waals surface area contributed by atoms with Crippen molar-refractivity contribution < 1.29 is 13.2 Å². The van der Waals surface area contributed by atoms with E-state index in [2.05, 4.69) is 21.2 Å². The second-order valence-electron chi connectivity index (χ2n) is 5.67. The minimum atomic E-state index is -3.05. The molecule has 1 N–H and O–H groups in total. The molecule has 0 bridgehead atoms. The van der Waals surface area contributed by atoms with Gasteiger partial charge in [0.15, 0.2) is 9.84 Å². The van der Waals surface area contributed by atoms with E-state index in [4.69, 9.17) is 4.74 Å². The van der Waals surface area contributed by atoms with E-state index in [1.807, 2.05) is 18.2 Å². The molecule has 6 heteroatoms. The summed E-state index contributed by atoms with van der Waals surface area (Å²) in [7, 11) is -3.05. The summed E-state index contributed by atoms with van der Waals surface area (Å²) in [4.78, 5) is 0.